The van der Waals surface area contributed by atoms with Crippen LogP contribution in [-0.4, -0.2) is 6.54 Å². The van der Waals surface area contributed by atoms with Gasteiger partial charge < -0.3 is 5.73 Å². The van der Waals surface area contributed by atoms with E-state index in [2.05, 4.69) is 37.9 Å². The van der Waals surface area contributed by atoms with Gasteiger partial charge in [0.05, 0.1) is 0 Å². The fraction of sp³-hybridized carbons (Fsp3) is 0.250. The predicted molar refractivity (Wildman–Crippen MR) is 88.2 cm³/mol. The maximum absolute atomic E-state index is 13.1. The summed E-state index contributed by atoms with van der Waals surface area (Å²) in [6.45, 7) is 0.602. The summed E-state index contributed by atoms with van der Waals surface area (Å²) in [5, 5.41) is 0. The molecule has 2 N–H and O–H groups in total. The summed E-state index contributed by atoms with van der Waals surface area (Å²) in [5.41, 5.74) is 8.24. The van der Waals surface area contributed by atoms with Crippen molar-refractivity contribution in [2.24, 2.45) is 11.7 Å². The summed E-state index contributed by atoms with van der Waals surface area (Å²) < 4.78 is 15.0. The van der Waals surface area contributed by atoms with Crippen molar-refractivity contribution in [2.45, 2.75) is 12.8 Å². The van der Waals surface area contributed by atoms with Gasteiger partial charge in [-0.15, -0.1) is 0 Å². The molecule has 1 nitrogen and oxygen atoms in total. The van der Waals surface area contributed by atoms with Crippen LogP contribution in [0, 0.1) is 11.7 Å². The van der Waals surface area contributed by atoms with Gasteiger partial charge in [0, 0.05) is 8.95 Å². The van der Waals surface area contributed by atoms with Crippen LogP contribution in [0.5, 0.6) is 0 Å². The smallest absolute Gasteiger partial charge is 0.124 e. The zero-order chi connectivity index (χ0) is 14.5. The van der Waals surface area contributed by atoms with Gasteiger partial charge in [0.15, 0.2) is 0 Å². The van der Waals surface area contributed by atoms with E-state index >= 15 is 0 Å². The second-order valence-electron chi connectivity index (χ2n) is 4.84. The Bertz CT molecular complexity index is 586. The molecule has 0 aliphatic heterocycles. The van der Waals surface area contributed by atoms with Gasteiger partial charge >= 0.3 is 0 Å². The first kappa shape index (κ1) is 15.7. The number of rotatable bonds is 5. The van der Waals surface area contributed by atoms with Crippen LogP contribution in [0.1, 0.15) is 11.1 Å². The lowest BCUT2D eigenvalue weighted by atomic mass is 9.92. The minimum absolute atomic E-state index is 0.226. The van der Waals surface area contributed by atoms with Crippen LogP contribution >= 0.6 is 31.9 Å². The number of halogens is 3. The van der Waals surface area contributed by atoms with Crippen LogP contribution in [0.15, 0.2) is 51.4 Å². The molecule has 2 aromatic carbocycles. The summed E-state index contributed by atoms with van der Waals surface area (Å²) in [7, 11) is 0. The monoisotopic (exact) mass is 399 g/mol. The molecule has 0 aliphatic rings. The first-order chi connectivity index (χ1) is 9.60. The third-order valence-corrected chi connectivity index (χ3v) is 4.84. The third-order valence-electron chi connectivity index (χ3n) is 3.32. The molecule has 0 aliphatic carbocycles. The molecule has 106 valence electrons. The molecular formula is C16H16Br2FN. The second kappa shape index (κ2) is 7.34. The van der Waals surface area contributed by atoms with E-state index in [9.17, 15) is 4.39 Å². The van der Waals surface area contributed by atoms with Crippen LogP contribution in [0.2, 0.25) is 0 Å². The summed E-state index contributed by atoms with van der Waals surface area (Å²) in [5.74, 6) is 0.103. The molecular weight excluding hydrogens is 385 g/mol. The van der Waals surface area contributed by atoms with Crippen molar-refractivity contribution < 1.29 is 4.39 Å². The molecule has 0 aromatic heterocycles. The van der Waals surface area contributed by atoms with Gasteiger partial charge in [0.1, 0.15) is 5.82 Å². The minimum Gasteiger partial charge on any atom is -0.330 e. The zero-order valence-corrected chi connectivity index (χ0v) is 14.1. The quantitative estimate of drug-likeness (QED) is 0.772. The normalized spacial score (nSPS) is 12.4. The third kappa shape index (κ3) is 4.14. The highest BCUT2D eigenvalue weighted by molar-refractivity contribution is 9.10. The number of hydrogen-bond donors (Lipinski definition) is 1. The Hall–Kier alpha value is -0.710. The van der Waals surface area contributed by atoms with E-state index in [4.69, 9.17) is 5.73 Å². The van der Waals surface area contributed by atoms with E-state index in [0.717, 1.165) is 27.4 Å². The van der Waals surface area contributed by atoms with Crippen LogP contribution < -0.4 is 5.73 Å². The lowest BCUT2D eigenvalue weighted by molar-refractivity contribution is 0.530. The van der Waals surface area contributed by atoms with Crippen LogP contribution in [0.25, 0.3) is 0 Å². The van der Waals surface area contributed by atoms with E-state index in [-0.39, 0.29) is 5.82 Å². The molecule has 0 spiro atoms. The zero-order valence-electron chi connectivity index (χ0n) is 11.0. The highest BCUT2D eigenvalue weighted by atomic mass is 79.9. The molecule has 0 radical (unpaired) electrons. The molecule has 1 unspecified atom stereocenters. The van der Waals surface area contributed by atoms with E-state index in [1.165, 1.54) is 17.7 Å². The van der Waals surface area contributed by atoms with Crippen molar-refractivity contribution in [1.29, 1.82) is 0 Å². The number of nitrogens with two attached hydrogens (primary N) is 1. The molecule has 20 heavy (non-hydrogen) atoms. The van der Waals surface area contributed by atoms with Gasteiger partial charge in [0.2, 0.25) is 0 Å². The van der Waals surface area contributed by atoms with Crippen molar-refractivity contribution >= 4 is 31.9 Å². The van der Waals surface area contributed by atoms with Crippen LogP contribution in [0.4, 0.5) is 4.39 Å². The van der Waals surface area contributed by atoms with Gasteiger partial charge in [-0.1, -0.05) is 56.1 Å². The molecule has 0 saturated heterocycles. The van der Waals surface area contributed by atoms with E-state index in [0.29, 0.717) is 12.5 Å². The van der Waals surface area contributed by atoms with Gasteiger partial charge in [-0.3, -0.25) is 0 Å². The van der Waals surface area contributed by atoms with Crippen molar-refractivity contribution in [3.63, 3.8) is 0 Å². The van der Waals surface area contributed by atoms with Gasteiger partial charge in [-0.25, -0.2) is 4.39 Å². The maximum atomic E-state index is 13.1. The maximum Gasteiger partial charge on any atom is 0.124 e. The summed E-state index contributed by atoms with van der Waals surface area (Å²) in [6, 6.07) is 13.0. The lowest BCUT2D eigenvalue weighted by Crippen LogP contribution is -2.19. The fourth-order valence-electron chi connectivity index (χ4n) is 2.21. The summed E-state index contributed by atoms with van der Waals surface area (Å²) >= 11 is 6.98. The van der Waals surface area contributed by atoms with E-state index < -0.39 is 0 Å². The molecule has 0 amide bonds. The van der Waals surface area contributed by atoms with E-state index in [1.54, 1.807) is 0 Å². The Morgan fingerprint density at radius 3 is 2.20 bits per heavy atom. The van der Waals surface area contributed by atoms with E-state index in [1.807, 2.05) is 24.3 Å². The Labute approximate surface area is 135 Å². The average Bonchev–Trinajstić information content (AvgIpc) is 2.43. The largest absolute Gasteiger partial charge is 0.330 e. The first-order valence-corrected chi connectivity index (χ1v) is 8.06. The molecule has 0 fully saturated rings. The summed E-state index contributed by atoms with van der Waals surface area (Å²) in [4.78, 5) is 0. The molecule has 0 saturated carbocycles. The molecule has 2 rings (SSSR count). The Morgan fingerprint density at radius 2 is 1.60 bits per heavy atom. The minimum atomic E-state index is -0.226. The van der Waals surface area contributed by atoms with Gasteiger partial charge in [-0.2, -0.15) is 0 Å². The van der Waals surface area contributed by atoms with Gasteiger partial charge in [0.25, 0.3) is 0 Å². The van der Waals surface area contributed by atoms with Crippen molar-refractivity contribution in [3.8, 4) is 0 Å². The van der Waals surface area contributed by atoms with Crippen molar-refractivity contribution in [2.75, 3.05) is 6.54 Å². The van der Waals surface area contributed by atoms with Crippen molar-refractivity contribution in [1.82, 2.24) is 0 Å². The van der Waals surface area contributed by atoms with Crippen LogP contribution in [0.3, 0.4) is 0 Å². The van der Waals surface area contributed by atoms with Crippen LogP contribution in [-0.2, 0) is 12.8 Å². The highest BCUT2D eigenvalue weighted by Gasteiger charge is 2.13. The number of benzene rings is 2. The topological polar surface area (TPSA) is 26.0 Å². The Kier molecular flexibility index (Phi) is 5.75. The molecule has 2 aromatic rings. The standard InChI is InChI=1S/C16H16Br2FN/c17-15-4-2-1-3-12(15)7-11(10-20)8-13-5-6-14(19)9-16(13)18/h1-6,9,11H,7-8,10,20H2. The molecule has 1 atom stereocenters. The molecule has 4 heteroatoms. The Balaban J connectivity index is 2.11. The molecule has 0 bridgehead atoms. The summed E-state index contributed by atoms with van der Waals surface area (Å²) in [6.07, 6.45) is 1.74. The van der Waals surface area contributed by atoms with Crippen molar-refractivity contribution in [3.05, 3.63) is 68.4 Å². The Morgan fingerprint density at radius 1 is 0.950 bits per heavy atom. The predicted octanol–water partition coefficient (Wildman–Crippen LogP) is 4.71. The fourth-order valence-corrected chi connectivity index (χ4v) is 3.17. The lowest BCUT2D eigenvalue weighted by Gasteiger charge is -2.17. The second-order valence-corrected chi connectivity index (χ2v) is 6.55. The first-order valence-electron chi connectivity index (χ1n) is 6.47. The van der Waals surface area contributed by atoms with Gasteiger partial charge in [-0.05, 0) is 54.6 Å². The molecule has 0 heterocycles. The number of hydrogen-bond acceptors (Lipinski definition) is 1. The highest BCUT2D eigenvalue weighted by Crippen LogP contribution is 2.24. The average molecular weight is 401 g/mol. The SMILES string of the molecule is NCC(Cc1ccccc1Br)Cc1ccc(F)cc1Br.